The minimum atomic E-state index is -0.300. The molecule has 0 saturated carbocycles. The van der Waals surface area contributed by atoms with Crippen LogP contribution in [0, 0.1) is 11.3 Å². The van der Waals surface area contributed by atoms with Crippen LogP contribution in [0.25, 0.3) is 0 Å². The Morgan fingerprint density at radius 2 is 2.15 bits per heavy atom. The molecular weight excluding hydrogens is 168 g/mol. The Bertz CT molecular complexity index is 413. The van der Waals surface area contributed by atoms with Gasteiger partial charge in [0.05, 0.1) is 0 Å². The van der Waals surface area contributed by atoms with Crippen LogP contribution in [-0.4, -0.2) is 9.67 Å². The van der Waals surface area contributed by atoms with E-state index in [0.717, 1.165) is 0 Å². The lowest BCUT2D eigenvalue weighted by Gasteiger charge is -2.11. The molecule has 0 spiro atoms. The fourth-order valence-corrected chi connectivity index (χ4v) is 1.13. The molecule has 1 heterocycles. The summed E-state index contributed by atoms with van der Waals surface area (Å²) in [6.45, 7) is 3.53. The van der Waals surface area contributed by atoms with E-state index in [1.807, 2.05) is 6.07 Å². The summed E-state index contributed by atoms with van der Waals surface area (Å²) in [6, 6.07) is 4.25. The third kappa shape index (κ3) is 1.54. The van der Waals surface area contributed by atoms with Crippen molar-refractivity contribution >= 4 is 0 Å². The van der Waals surface area contributed by atoms with Gasteiger partial charge in [0.15, 0.2) is 0 Å². The van der Waals surface area contributed by atoms with Crippen molar-refractivity contribution < 1.29 is 5.11 Å². The molecule has 0 radical (unpaired) electrons. The quantitative estimate of drug-likeness (QED) is 0.697. The van der Waals surface area contributed by atoms with Gasteiger partial charge in [0, 0.05) is 12.1 Å². The smallest absolute Gasteiger partial charge is 0.253 e. The van der Waals surface area contributed by atoms with Crippen molar-refractivity contribution in [2.24, 2.45) is 0 Å². The zero-order valence-corrected chi connectivity index (χ0v) is 7.48. The fraction of sp³-hybridized carbons (Fsp3) is 0.333. The lowest BCUT2D eigenvalue weighted by Crippen LogP contribution is -2.21. The molecule has 0 saturated heterocycles. The van der Waals surface area contributed by atoms with Crippen LogP contribution in [0.4, 0.5) is 0 Å². The van der Waals surface area contributed by atoms with Gasteiger partial charge in [0.25, 0.3) is 5.56 Å². The summed E-state index contributed by atoms with van der Waals surface area (Å²) >= 11 is 0. The molecule has 4 heteroatoms. The van der Waals surface area contributed by atoms with Gasteiger partial charge >= 0.3 is 0 Å². The lowest BCUT2D eigenvalue weighted by molar-refractivity contribution is 0.386. The van der Waals surface area contributed by atoms with Crippen LogP contribution in [0.5, 0.6) is 5.88 Å². The summed E-state index contributed by atoms with van der Waals surface area (Å²) in [5.74, 6) is -0.259. The Morgan fingerprint density at radius 3 is 2.62 bits per heavy atom. The Balaban J connectivity index is 3.50. The van der Waals surface area contributed by atoms with Crippen LogP contribution in [0.15, 0.2) is 16.9 Å². The molecule has 0 bridgehead atoms. The van der Waals surface area contributed by atoms with E-state index in [0.29, 0.717) is 0 Å². The summed E-state index contributed by atoms with van der Waals surface area (Å²) in [6.07, 6.45) is 0. The number of nitrogens with zero attached hydrogens (tertiary/aromatic N) is 2. The van der Waals surface area contributed by atoms with E-state index in [1.165, 1.54) is 16.7 Å². The third-order valence-electron chi connectivity index (χ3n) is 1.74. The Morgan fingerprint density at radius 1 is 1.54 bits per heavy atom. The van der Waals surface area contributed by atoms with E-state index >= 15 is 0 Å². The van der Waals surface area contributed by atoms with Gasteiger partial charge in [-0.25, -0.2) is 0 Å². The van der Waals surface area contributed by atoms with E-state index in [9.17, 15) is 9.90 Å². The van der Waals surface area contributed by atoms with E-state index in [2.05, 4.69) is 0 Å². The van der Waals surface area contributed by atoms with Crippen molar-refractivity contribution in [2.45, 2.75) is 19.9 Å². The van der Waals surface area contributed by atoms with E-state index < -0.39 is 0 Å². The largest absolute Gasteiger partial charge is 0.493 e. The zero-order chi connectivity index (χ0) is 10.0. The Kier molecular flexibility index (Phi) is 2.38. The van der Waals surface area contributed by atoms with Crippen LogP contribution >= 0.6 is 0 Å². The van der Waals surface area contributed by atoms with Crippen molar-refractivity contribution in [3.63, 3.8) is 0 Å². The number of hydrogen-bond acceptors (Lipinski definition) is 3. The summed E-state index contributed by atoms with van der Waals surface area (Å²) in [4.78, 5) is 11.2. The van der Waals surface area contributed by atoms with Gasteiger partial charge < -0.3 is 5.11 Å². The second-order valence-electron chi connectivity index (χ2n) is 2.98. The first-order chi connectivity index (χ1) is 6.07. The summed E-state index contributed by atoms with van der Waals surface area (Å²) < 4.78 is 1.18. The minimum Gasteiger partial charge on any atom is -0.493 e. The monoisotopic (exact) mass is 178 g/mol. The molecule has 1 rings (SSSR count). The zero-order valence-electron chi connectivity index (χ0n) is 7.48. The molecule has 4 nitrogen and oxygen atoms in total. The second kappa shape index (κ2) is 3.31. The van der Waals surface area contributed by atoms with E-state index in [1.54, 1.807) is 13.8 Å². The Hall–Kier alpha value is -1.76. The first-order valence-corrected chi connectivity index (χ1v) is 3.92. The van der Waals surface area contributed by atoms with Gasteiger partial charge in [-0.05, 0) is 19.9 Å². The van der Waals surface area contributed by atoms with Gasteiger partial charge in [-0.1, -0.05) is 0 Å². The lowest BCUT2D eigenvalue weighted by atomic mass is 10.2. The van der Waals surface area contributed by atoms with Gasteiger partial charge in [0.1, 0.15) is 11.6 Å². The van der Waals surface area contributed by atoms with E-state index in [4.69, 9.17) is 5.26 Å². The van der Waals surface area contributed by atoms with Gasteiger partial charge in [-0.3, -0.25) is 9.36 Å². The maximum Gasteiger partial charge on any atom is 0.253 e. The topological polar surface area (TPSA) is 66.0 Å². The average molecular weight is 178 g/mol. The predicted octanol–water partition coefficient (Wildman–Crippen LogP) is 1.01. The third-order valence-corrected chi connectivity index (χ3v) is 1.74. The minimum absolute atomic E-state index is 0.119. The SMILES string of the molecule is CC(C)n1c(O)c(C#N)ccc1=O. The number of hydrogen-bond donors (Lipinski definition) is 1. The van der Waals surface area contributed by atoms with Crippen molar-refractivity contribution in [3.05, 3.63) is 28.0 Å². The normalized spacial score (nSPS) is 10.0. The second-order valence-corrected chi connectivity index (χ2v) is 2.98. The molecule has 1 aromatic heterocycles. The van der Waals surface area contributed by atoms with Gasteiger partial charge in [0.2, 0.25) is 5.88 Å². The molecule has 1 aromatic rings. The number of aromatic hydroxyl groups is 1. The average Bonchev–Trinajstić information content (AvgIpc) is 2.04. The first-order valence-electron chi connectivity index (χ1n) is 3.92. The van der Waals surface area contributed by atoms with E-state index in [-0.39, 0.29) is 23.0 Å². The molecule has 0 aliphatic rings. The molecule has 13 heavy (non-hydrogen) atoms. The maximum atomic E-state index is 11.2. The molecule has 0 amide bonds. The number of pyridine rings is 1. The van der Waals surface area contributed by atoms with Crippen LogP contribution in [0.1, 0.15) is 25.5 Å². The molecule has 0 unspecified atom stereocenters. The molecular formula is C9H10N2O2. The highest BCUT2D eigenvalue weighted by Gasteiger charge is 2.10. The summed E-state index contributed by atoms with van der Waals surface area (Å²) in [5, 5.41) is 18.1. The van der Waals surface area contributed by atoms with Crippen molar-refractivity contribution in [1.29, 1.82) is 5.26 Å². The highest BCUT2D eigenvalue weighted by Crippen LogP contribution is 2.16. The molecule has 0 aliphatic carbocycles. The molecule has 1 N–H and O–H groups in total. The number of aromatic nitrogens is 1. The fourth-order valence-electron chi connectivity index (χ4n) is 1.13. The first kappa shape index (κ1) is 9.33. The molecule has 0 atom stereocenters. The van der Waals surface area contributed by atoms with Crippen molar-refractivity contribution in [1.82, 2.24) is 4.57 Å². The standard InChI is InChI=1S/C9H10N2O2/c1-6(2)11-8(12)4-3-7(5-10)9(11)13/h3-4,6,13H,1-2H3. The molecule has 68 valence electrons. The number of rotatable bonds is 1. The highest BCUT2D eigenvalue weighted by atomic mass is 16.3. The van der Waals surface area contributed by atoms with Crippen molar-refractivity contribution in [3.8, 4) is 11.9 Å². The molecule has 0 aliphatic heterocycles. The van der Waals surface area contributed by atoms with Crippen molar-refractivity contribution in [2.75, 3.05) is 0 Å². The van der Waals surface area contributed by atoms with Crippen LogP contribution in [0.3, 0.4) is 0 Å². The highest BCUT2D eigenvalue weighted by molar-refractivity contribution is 5.37. The maximum absolute atomic E-state index is 11.2. The van der Waals surface area contributed by atoms with Gasteiger partial charge in [-0.15, -0.1) is 0 Å². The molecule has 0 fully saturated rings. The van der Waals surface area contributed by atoms with Gasteiger partial charge in [-0.2, -0.15) is 5.26 Å². The predicted molar refractivity (Wildman–Crippen MR) is 47.5 cm³/mol. The Labute approximate surface area is 75.7 Å². The van der Waals surface area contributed by atoms with Crippen LogP contribution in [-0.2, 0) is 0 Å². The summed E-state index contributed by atoms with van der Waals surface area (Å²) in [7, 11) is 0. The number of nitriles is 1. The van der Waals surface area contributed by atoms with Crippen LogP contribution < -0.4 is 5.56 Å². The van der Waals surface area contributed by atoms with Crippen LogP contribution in [0.2, 0.25) is 0 Å². The summed E-state index contributed by atoms with van der Waals surface area (Å²) in [5.41, 5.74) is -0.181. The molecule has 0 aromatic carbocycles.